The van der Waals surface area contributed by atoms with Gasteiger partial charge in [0, 0.05) is 57.1 Å². The van der Waals surface area contributed by atoms with E-state index in [1.54, 1.807) is 24.4 Å². The van der Waals surface area contributed by atoms with Crippen molar-refractivity contribution < 1.29 is 26.7 Å². The van der Waals surface area contributed by atoms with Gasteiger partial charge in [0.2, 0.25) is 5.95 Å². The van der Waals surface area contributed by atoms with Crippen molar-refractivity contribution in [2.24, 2.45) is 0 Å². The molecule has 2 N–H and O–H groups in total. The second-order valence-electron chi connectivity index (χ2n) is 9.99. The van der Waals surface area contributed by atoms with Crippen molar-refractivity contribution in [1.82, 2.24) is 19.9 Å². The number of nitrogens with zero attached hydrogens (tertiary/aromatic N) is 4. The van der Waals surface area contributed by atoms with Gasteiger partial charge in [0.1, 0.15) is 11.2 Å². The van der Waals surface area contributed by atoms with Crippen molar-refractivity contribution >= 4 is 33.0 Å². The molecule has 0 amide bonds. The average molecular weight is 615 g/mol. The molecule has 2 fully saturated rings. The molecule has 14 heteroatoms. The number of halogens is 1. The van der Waals surface area contributed by atoms with Gasteiger partial charge in [0.25, 0.3) is 10.0 Å². The van der Waals surface area contributed by atoms with Gasteiger partial charge >= 0.3 is 0 Å². The van der Waals surface area contributed by atoms with Gasteiger partial charge in [-0.15, -0.1) is 11.3 Å². The fourth-order valence-electron chi connectivity index (χ4n) is 4.94. The first-order valence-electron chi connectivity index (χ1n) is 13.8. The lowest BCUT2D eigenvalue weighted by molar-refractivity contribution is 0.0398. The number of hydrogen-bond acceptors (Lipinski definition) is 11. The van der Waals surface area contributed by atoms with E-state index in [-0.39, 0.29) is 22.1 Å². The van der Waals surface area contributed by atoms with Gasteiger partial charge in [0.15, 0.2) is 5.82 Å². The van der Waals surface area contributed by atoms with E-state index in [9.17, 15) is 8.42 Å². The van der Waals surface area contributed by atoms with Crippen LogP contribution in [0.25, 0.3) is 21.8 Å². The minimum atomic E-state index is -4.04. The largest absolute Gasteiger partial charge is 0.471 e. The summed E-state index contributed by atoms with van der Waals surface area (Å²) in [7, 11) is -4.04. The monoisotopic (exact) mass is 614 g/mol. The number of sulfonamides is 1. The van der Waals surface area contributed by atoms with Crippen LogP contribution in [0.5, 0.6) is 0 Å². The SMILES string of the molecule is O=S(=O)(Nc1cccc(-c2nc(C3CCOCC3)sc2-c2ccnc(NCCN3CCOCC3)n2)c1F)c1ccoc1. The zero-order valence-electron chi connectivity index (χ0n) is 22.8. The van der Waals surface area contributed by atoms with Gasteiger partial charge in [-0.3, -0.25) is 9.62 Å². The summed E-state index contributed by atoms with van der Waals surface area (Å²) in [6.45, 7) is 6.04. The van der Waals surface area contributed by atoms with Crippen molar-refractivity contribution in [2.45, 2.75) is 23.7 Å². The Morgan fingerprint density at radius 2 is 1.86 bits per heavy atom. The number of hydrogen-bond donors (Lipinski definition) is 2. The Kier molecular flexibility index (Phi) is 8.76. The van der Waals surface area contributed by atoms with Crippen molar-refractivity contribution in [2.75, 3.05) is 62.6 Å². The van der Waals surface area contributed by atoms with Gasteiger partial charge in [-0.05, 0) is 37.1 Å². The lowest BCUT2D eigenvalue weighted by atomic mass is 10.0. The molecule has 0 bridgehead atoms. The van der Waals surface area contributed by atoms with Crippen LogP contribution in [0.3, 0.4) is 0 Å². The molecule has 42 heavy (non-hydrogen) atoms. The highest BCUT2D eigenvalue weighted by Crippen LogP contribution is 2.42. The third-order valence-electron chi connectivity index (χ3n) is 7.22. The first kappa shape index (κ1) is 28.7. The van der Waals surface area contributed by atoms with Crippen LogP contribution in [0.1, 0.15) is 23.8 Å². The fourth-order valence-corrected chi connectivity index (χ4v) is 7.14. The minimum absolute atomic E-state index is 0.0990. The molecule has 0 saturated carbocycles. The number of thiazole rings is 1. The average Bonchev–Trinajstić information content (AvgIpc) is 3.72. The van der Waals surface area contributed by atoms with Crippen molar-refractivity contribution in [3.8, 4) is 21.8 Å². The maximum atomic E-state index is 16.0. The molecule has 0 radical (unpaired) electrons. The van der Waals surface area contributed by atoms with Crippen LogP contribution in [0.2, 0.25) is 0 Å². The van der Waals surface area contributed by atoms with Gasteiger partial charge in [-0.2, -0.15) is 0 Å². The van der Waals surface area contributed by atoms with E-state index in [2.05, 4.69) is 19.9 Å². The quantitative estimate of drug-likeness (QED) is 0.264. The molecule has 222 valence electrons. The molecule has 3 aromatic heterocycles. The highest BCUT2D eigenvalue weighted by atomic mass is 32.2. The van der Waals surface area contributed by atoms with Crippen LogP contribution in [0.15, 0.2) is 58.4 Å². The first-order valence-corrected chi connectivity index (χ1v) is 16.1. The third kappa shape index (κ3) is 6.47. The van der Waals surface area contributed by atoms with Crippen LogP contribution < -0.4 is 10.0 Å². The lowest BCUT2D eigenvalue weighted by Gasteiger charge is -2.26. The molecule has 0 unspecified atom stereocenters. The number of anilines is 2. The number of aromatic nitrogens is 3. The van der Waals surface area contributed by atoms with E-state index >= 15 is 4.39 Å². The topological polar surface area (TPSA) is 132 Å². The van der Waals surface area contributed by atoms with Crippen molar-refractivity contribution in [3.63, 3.8) is 0 Å². The predicted octanol–water partition coefficient (Wildman–Crippen LogP) is 4.44. The first-order chi connectivity index (χ1) is 20.5. The molecule has 2 aliphatic heterocycles. The van der Waals surface area contributed by atoms with Crippen LogP contribution in [-0.2, 0) is 19.5 Å². The molecule has 1 aromatic carbocycles. The molecular formula is C28H31FN6O5S2. The van der Waals surface area contributed by atoms with Gasteiger partial charge < -0.3 is 19.2 Å². The summed E-state index contributed by atoms with van der Waals surface area (Å²) in [6, 6.07) is 7.65. The maximum Gasteiger partial charge on any atom is 0.265 e. The summed E-state index contributed by atoms with van der Waals surface area (Å²) in [5.41, 5.74) is 0.996. The fraction of sp³-hybridized carbons (Fsp3) is 0.393. The molecule has 2 aliphatic rings. The number of nitrogens with one attached hydrogen (secondary N) is 2. The Morgan fingerprint density at radius 3 is 2.64 bits per heavy atom. The van der Waals surface area contributed by atoms with Crippen LogP contribution in [0, 0.1) is 5.82 Å². The summed E-state index contributed by atoms with van der Waals surface area (Å²) in [4.78, 5) is 17.0. The molecule has 2 saturated heterocycles. The molecule has 4 aromatic rings. The third-order valence-corrected chi connectivity index (χ3v) is 9.80. The summed E-state index contributed by atoms with van der Waals surface area (Å²) < 4.78 is 59.8. The molecule has 11 nitrogen and oxygen atoms in total. The Bertz CT molecular complexity index is 1600. The molecule has 0 aliphatic carbocycles. The normalized spacial score (nSPS) is 16.9. The molecule has 0 atom stereocenters. The summed E-state index contributed by atoms with van der Waals surface area (Å²) >= 11 is 1.47. The van der Waals surface area contributed by atoms with Gasteiger partial charge in [-0.25, -0.2) is 27.8 Å². The van der Waals surface area contributed by atoms with Crippen molar-refractivity contribution in [1.29, 1.82) is 0 Å². The van der Waals surface area contributed by atoms with Gasteiger partial charge in [0.05, 0.1) is 46.4 Å². The van der Waals surface area contributed by atoms with E-state index in [1.165, 1.54) is 29.7 Å². The Labute approximate surface area is 247 Å². The Morgan fingerprint density at radius 1 is 1.05 bits per heavy atom. The highest BCUT2D eigenvalue weighted by Gasteiger charge is 2.27. The molecule has 0 spiro atoms. The Balaban J connectivity index is 1.32. The Hall–Kier alpha value is -3.43. The number of ether oxygens (including phenoxy) is 2. The molecular weight excluding hydrogens is 583 g/mol. The minimum Gasteiger partial charge on any atom is -0.471 e. The van der Waals surface area contributed by atoms with E-state index < -0.39 is 15.8 Å². The lowest BCUT2D eigenvalue weighted by Crippen LogP contribution is -2.39. The van der Waals surface area contributed by atoms with E-state index in [0.29, 0.717) is 42.0 Å². The van der Waals surface area contributed by atoms with Crippen LogP contribution >= 0.6 is 11.3 Å². The van der Waals surface area contributed by atoms with E-state index in [4.69, 9.17) is 23.9 Å². The molecule has 5 heterocycles. The maximum absolute atomic E-state index is 16.0. The highest BCUT2D eigenvalue weighted by molar-refractivity contribution is 7.92. The standard InChI is InChI=1S/C28H31FN6O5S2/c29-24-21(2-1-3-22(24)34-42(36,37)20-7-15-40-18-20)25-26(41-27(33-25)19-5-13-38-14-6-19)23-4-8-30-28(32-23)31-9-10-35-11-16-39-17-12-35/h1-4,7-8,15,18-19,34H,5-6,9-14,16-17H2,(H,30,31,32). The number of morpholine rings is 1. The number of rotatable bonds is 10. The van der Waals surface area contributed by atoms with E-state index in [1.807, 2.05) is 0 Å². The van der Waals surface area contributed by atoms with Crippen LogP contribution in [0.4, 0.5) is 16.0 Å². The summed E-state index contributed by atoms with van der Waals surface area (Å²) in [5, 5.41) is 4.16. The number of benzene rings is 1. The van der Waals surface area contributed by atoms with Gasteiger partial charge in [-0.1, -0.05) is 6.07 Å². The summed E-state index contributed by atoms with van der Waals surface area (Å²) in [5.74, 6) is -0.0857. The molecule has 6 rings (SSSR count). The zero-order valence-corrected chi connectivity index (χ0v) is 24.4. The number of furan rings is 1. The van der Waals surface area contributed by atoms with Crippen LogP contribution in [-0.4, -0.2) is 80.9 Å². The zero-order chi connectivity index (χ0) is 28.9. The second-order valence-corrected chi connectivity index (χ2v) is 12.7. The smallest absolute Gasteiger partial charge is 0.265 e. The summed E-state index contributed by atoms with van der Waals surface area (Å²) in [6.07, 6.45) is 5.64. The second kappa shape index (κ2) is 12.8. The van der Waals surface area contributed by atoms with E-state index in [0.717, 1.165) is 57.0 Å². The van der Waals surface area contributed by atoms with Crippen molar-refractivity contribution in [3.05, 3.63) is 59.9 Å². The predicted molar refractivity (Wildman–Crippen MR) is 157 cm³/mol.